The van der Waals surface area contributed by atoms with E-state index in [4.69, 9.17) is 0 Å². The second-order valence-electron chi connectivity index (χ2n) is 5.99. The van der Waals surface area contributed by atoms with E-state index < -0.39 is 10.0 Å². The zero-order valence-corrected chi connectivity index (χ0v) is 13.8. The highest BCUT2D eigenvalue weighted by atomic mass is 32.2. The monoisotopic (exact) mass is 309 g/mol. The van der Waals surface area contributed by atoms with Crippen molar-refractivity contribution in [1.29, 1.82) is 0 Å². The lowest BCUT2D eigenvalue weighted by molar-refractivity contribution is 0.0312. The summed E-state index contributed by atoms with van der Waals surface area (Å²) in [5.41, 5.74) is 0. The van der Waals surface area contributed by atoms with Crippen LogP contribution >= 0.6 is 0 Å². The van der Waals surface area contributed by atoms with Crippen LogP contribution in [0.3, 0.4) is 0 Å². The number of hydrogen-bond donors (Lipinski definition) is 1. The molecule has 1 rings (SSSR count). The normalized spacial score (nSPS) is 24.2. The molecule has 120 valence electrons. The fraction of sp³-hybridized carbons (Fsp3) is 1.00. The summed E-state index contributed by atoms with van der Waals surface area (Å²) < 4.78 is 37.7. The largest absolute Gasteiger partial charge is 0.298 e. The van der Waals surface area contributed by atoms with Gasteiger partial charge in [0.15, 0.2) is 0 Å². The van der Waals surface area contributed by atoms with Crippen LogP contribution in [0.2, 0.25) is 0 Å². The highest BCUT2D eigenvalue weighted by Crippen LogP contribution is 2.18. The molecule has 1 saturated heterocycles. The lowest BCUT2D eigenvalue weighted by Gasteiger charge is -2.45. The summed E-state index contributed by atoms with van der Waals surface area (Å²) in [6.07, 6.45) is 1.17. The van der Waals surface area contributed by atoms with Crippen molar-refractivity contribution in [1.82, 2.24) is 14.5 Å². The van der Waals surface area contributed by atoms with Crippen molar-refractivity contribution in [2.24, 2.45) is 5.92 Å². The first kappa shape index (κ1) is 17.8. The standard InChI is InChI=1S/C13H28FN3O2S/c1-11(2)12(3)17-8-7-16(6-5-14)10-13(17)9-15-20(4,18)19/h11-13,15H,5-10H2,1-4H3. The zero-order chi connectivity index (χ0) is 15.3. The Morgan fingerprint density at radius 1 is 1.30 bits per heavy atom. The molecular weight excluding hydrogens is 281 g/mol. The zero-order valence-electron chi connectivity index (χ0n) is 13.0. The molecule has 0 bridgehead atoms. The second kappa shape index (κ2) is 7.68. The number of piperazine rings is 1. The third-order valence-electron chi connectivity index (χ3n) is 4.08. The van der Waals surface area contributed by atoms with Gasteiger partial charge >= 0.3 is 0 Å². The van der Waals surface area contributed by atoms with E-state index in [0.29, 0.717) is 31.6 Å². The Balaban J connectivity index is 2.71. The molecule has 0 spiro atoms. The summed E-state index contributed by atoms with van der Waals surface area (Å²) in [7, 11) is -3.19. The number of sulfonamides is 1. The molecule has 7 heteroatoms. The lowest BCUT2D eigenvalue weighted by atomic mass is 10.0. The summed E-state index contributed by atoms with van der Waals surface area (Å²) >= 11 is 0. The Hall–Kier alpha value is -0.240. The predicted octanol–water partition coefficient (Wildman–Crippen LogP) is 0.536. The van der Waals surface area contributed by atoms with Crippen LogP contribution in [0, 0.1) is 5.92 Å². The SMILES string of the molecule is CC(C)C(C)N1CCN(CCF)CC1CNS(C)(=O)=O. The maximum absolute atomic E-state index is 12.5. The van der Waals surface area contributed by atoms with E-state index in [1.807, 2.05) is 0 Å². The van der Waals surface area contributed by atoms with Crippen molar-refractivity contribution >= 4 is 10.0 Å². The molecule has 1 aliphatic rings. The molecule has 0 saturated carbocycles. The van der Waals surface area contributed by atoms with E-state index in [1.165, 1.54) is 6.26 Å². The molecule has 2 atom stereocenters. The van der Waals surface area contributed by atoms with Crippen molar-refractivity contribution < 1.29 is 12.8 Å². The molecule has 20 heavy (non-hydrogen) atoms. The first-order valence-corrected chi connectivity index (χ1v) is 9.12. The van der Waals surface area contributed by atoms with E-state index in [-0.39, 0.29) is 12.7 Å². The molecule has 0 aliphatic carbocycles. The van der Waals surface area contributed by atoms with E-state index >= 15 is 0 Å². The van der Waals surface area contributed by atoms with Crippen molar-refractivity contribution in [3.8, 4) is 0 Å². The van der Waals surface area contributed by atoms with Crippen LogP contribution in [0.4, 0.5) is 4.39 Å². The van der Waals surface area contributed by atoms with Gasteiger partial charge in [-0.15, -0.1) is 0 Å². The number of alkyl halides is 1. The minimum atomic E-state index is -3.19. The Morgan fingerprint density at radius 2 is 1.95 bits per heavy atom. The number of nitrogens with one attached hydrogen (secondary N) is 1. The molecule has 0 amide bonds. The Bertz CT molecular complexity index is 389. The van der Waals surface area contributed by atoms with Gasteiger partial charge < -0.3 is 0 Å². The molecule has 2 unspecified atom stereocenters. The van der Waals surface area contributed by atoms with Crippen LogP contribution < -0.4 is 4.72 Å². The average Bonchev–Trinajstić information content (AvgIpc) is 2.35. The van der Waals surface area contributed by atoms with Gasteiger partial charge in [0.05, 0.1) is 6.26 Å². The van der Waals surface area contributed by atoms with Crippen LogP contribution in [-0.2, 0) is 10.0 Å². The van der Waals surface area contributed by atoms with Gasteiger partial charge in [-0.25, -0.2) is 17.5 Å². The van der Waals surface area contributed by atoms with Crippen molar-refractivity contribution in [2.75, 3.05) is 45.7 Å². The van der Waals surface area contributed by atoms with Crippen molar-refractivity contribution in [2.45, 2.75) is 32.9 Å². The van der Waals surface area contributed by atoms with Crippen molar-refractivity contribution in [3.63, 3.8) is 0 Å². The first-order chi connectivity index (χ1) is 9.24. The van der Waals surface area contributed by atoms with Gasteiger partial charge in [0.25, 0.3) is 0 Å². The molecule has 5 nitrogen and oxygen atoms in total. The molecule has 0 aromatic carbocycles. The van der Waals surface area contributed by atoms with Crippen LogP contribution in [0.15, 0.2) is 0 Å². The van der Waals surface area contributed by atoms with Gasteiger partial charge in [0.2, 0.25) is 10.0 Å². The molecule has 1 aliphatic heterocycles. The van der Waals surface area contributed by atoms with Crippen LogP contribution in [0.25, 0.3) is 0 Å². The number of halogens is 1. The Labute approximate surface area is 122 Å². The predicted molar refractivity (Wildman–Crippen MR) is 80.1 cm³/mol. The van der Waals surface area contributed by atoms with Gasteiger partial charge in [-0.2, -0.15) is 0 Å². The van der Waals surface area contributed by atoms with Crippen molar-refractivity contribution in [3.05, 3.63) is 0 Å². The minimum Gasteiger partial charge on any atom is -0.298 e. The summed E-state index contributed by atoms with van der Waals surface area (Å²) in [4.78, 5) is 4.41. The topological polar surface area (TPSA) is 52.6 Å². The maximum Gasteiger partial charge on any atom is 0.208 e. The average molecular weight is 309 g/mol. The summed E-state index contributed by atoms with van der Waals surface area (Å²) in [6, 6.07) is 0.483. The number of hydrogen-bond acceptors (Lipinski definition) is 4. The van der Waals surface area contributed by atoms with Gasteiger partial charge in [-0.1, -0.05) is 13.8 Å². The molecular formula is C13H28FN3O2S. The van der Waals surface area contributed by atoms with Crippen LogP contribution in [0.1, 0.15) is 20.8 Å². The van der Waals surface area contributed by atoms with Gasteiger partial charge in [-0.3, -0.25) is 9.80 Å². The smallest absolute Gasteiger partial charge is 0.208 e. The quantitative estimate of drug-likeness (QED) is 0.746. The highest BCUT2D eigenvalue weighted by molar-refractivity contribution is 7.88. The van der Waals surface area contributed by atoms with Gasteiger partial charge in [0.1, 0.15) is 6.67 Å². The third kappa shape index (κ3) is 5.63. The number of rotatable bonds is 7. The lowest BCUT2D eigenvalue weighted by Crippen LogP contribution is -2.60. The van der Waals surface area contributed by atoms with E-state index in [0.717, 1.165) is 13.1 Å². The molecule has 0 aromatic rings. The second-order valence-corrected chi connectivity index (χ2v) is 7.82. The maximum atomic E-state index is 12.5. The van der Waals surface area contributed by atoms with Gasteiger partial charge in [0, 0.05) is 44.8 Å². The molecule has 1 N–H and O–H groups in total. The number of nitrogens with zero attached hydrogens (tertiary/aromatic N) is 2. The third-order valence-corrected chi connectivity index (χ3v) is 4.77. The summed E-state index contributed by atoms with van der Waals surface area (Å²) in [5.74, 6) is 0.503. The summed E-state index contributed by atoms with van der Waals surface area (Å²) in [6.45, 7) is 9.38. The van der Waals surface area contributed by atoms with E-state index in [9.17, 15) is 12.8 Å². The highest BCUT2D eigenvalue weighted by Gasteiger charge is 2.31. The minimum absolute atomic E-state index is 0.0995. The Kier molecular flexibility index (Phi) is 6.84. The Morgan fingerprint density at radius 3 is 2.45 bits per heavy atom. The molecule has 1 fully saturated rings. The molecule has 0 aromatic heterocycles. The molecule has 1 heterocycles. The van der Waals surface area contributed by atoms with Crippen LogP contribution in [0.5, 0.6) is 0 Å². The fourth-order valence-corrected chi connectivity index (χ4v) is 3.10. The van der Waals surface area contributed by atoms with Crippen LogP contribution in [-0.4, -0.2) is 76.0 Å². The summed E-state index contributed by atoms with van der Waals surface area (Å²) in [5, 5.41) is 0. The molecule has 0 radical (unpaired) electrons. The van der Waals surface area contributed by atoms with E-state index in [2.05, 4.69) is 35.3 Å². The van der Waals surface area contributed by atoms with Gasteiger partial charge in [-0.05, 0) is 12.8 Å². The fourth-order valence-electron chi connectivity index (χ4n) is 2.60. The van der Waals surface area contributed by atoms with E-state index in [1.54, 1.807) is 0 Å². The first-order valence-electron chi connectivity index (χ1n) is 7.23.